The van der Waals surface area contributed by atoms with Gasteiger partial charge in [-0.1, -0.05) is 18.2 Å². The van der Waals surface area contributed by atoms with Crippen LogP contribution in [-0.2, 0) is 16.1 Å². The molecule has 0 saturated heterocycles. The van der Waals surface area contributed by atoms with Crippen molar-refractivity contribution in [2.75, 3.05) is 14.2 Å². The maximum atomic E-state index is 11.2. The zero-order chi connectivity index (χ0) is 19.1. The fourth-order valence-corrected chi connectivity index (χ4v) is 2.51. The van der Waals surface area contributed by atoms with E-state index < -0.39 is 5.97 Å². The van der Waals surface area contributed by atoms with E-state index >= 15 is 0 Å². The minimum absolute atomic E-state index is 0.392. The van der Waals surface area contributed by atoms with Gasteiger partial charge in [-0.3, -0.25) is 0 Å². The zero-order valence-electron chi connectivity index (χ0n) is 15.2. The van der Waals surface area contributed by atoms with Crippen LogP contribution in [0.3, 0.4) is 0 Å². The number of methoxy groups -OCH3 is 2. The number of hydrogen-bond acceptors (Lipinski definition) is 5. The van der Waals surface area contributed by atoms with Gasteiger partial charge in [0.05, 0.1) is 19.9 Å². The molecule has 0 N–H and O–H groups in total. The molecule has 0 aliphatic carbocycles. The Kier molecular flexibility index (Phi) is 5.89. The molecule has 6 heteroatoms. The monoisotopic (exact) mass is 364 g/mol. The standard InChI is InChI=1S/C21H20N2O4/c1-25-20-14-16(8-10-21(24)26-2)7-9-19(20)27-15-17-5-3-6-18(13-17)23-12-4-11-22-23/h3-14H,15H2,1-2H3/b10-8+. The Hall–Kier alpha value is -3.54. The summed E-state index contributed by atoms with van der Waals surface area (Å²) in [5, 5.41) is 4.24. The maximum Gasteiger partial charge on any atom is 0.330 e. The minimum Gasteiger partial charge on any atom is -0.493 e. The summed E-state index contributed by atoms with van der Waals surface area (Å²) in [6.07, 6.45) is 6.65. The molecular weight excluding hydrogens is 344 g/mol. The van der Waals surface area contributed by atoms with E-state index in [1.54, 1.807) is 30.1 Å². The number of ether oxygens (including phenoxy) is 3. The summed E-state index contributed by atoms with van der Waals surface area (Å²) >= 11 is 0. The van der Waals surface area contributed by atoms with Crippen molar-refractivity contribution in [2.45, 2.75) is 6.61 Å². The van der Waals surface area contributed by atoms with E-state index in [-0.39, 0.29) is 0 Å². The van der Waals surface area contributed by atoms with Gasteiger partial charge in [-0.05, 0) is 47.5 Å². The number of carbonyl (C=O) groups excluding carboxylic acids is 1. The van der Waals surface area contributed by atoms with Crippen LogP contribution in [0.2, 0.25) is 0 Å². The van der Waals surface area contributed by atoms with Crippen molar-refractivity contribution in [1.82, 2.24) is 9.78 Å². The molecule has 6 nitrogen and oxygen atoms in total. The second kappa shape index (κ2) is 8.71. The highest BCUT2D eigenvalue weighted by molar-refractivity contribution is 5.87. The number of nitrogens with zero attached hydrogens (tertiary/aromatic N) is 2. The molecule has 3 aromatic rings. The Morgan fingerprint density at radius 1 is 1.11 bits per heavy atom. The summed E-state index contributed by atoms with van der Waals surface area (Å²) in [5.74, 6) is 0.800. The molecule has 3 rings (SSSR count). The Labute approximate surface area is 157 Å². The SMILES string of the molecule is COC(=O)/C=C/c1ccc(OCc2cccc(-n3cccn3)c2)c(OC)c1. The van der Waals surface area contributed by atoms with Crippen molar-refractivity contribution in [2.24, 2.45) is 0 Å². The third kappa shape index (κ3) is 4.76. The fraction of sp³-hybridized carbons (Fsp3) is 0.143. The molecule has 0 saturated carbocycles. The Morgan fingerprint density at radius 3 is 2.74 bits per heavy atom. The van der Waals surface area contributed by atoms with Crippen LogP contribution in [0.1, 0.15) is 11.1 Å². The number of carbonyl (C=O) groups is 1. The van der Waals surface area contributed by atoms with E-state index in [2.05, 4.69) is 9.84 Å². The zero-order valence-corrected chi connectivity index (χ0v) is 15.2. The smallest absolute Gasteiger partial charge is 0.330 e. The lowest BCUT2D eigenvalue weighted by atomic mass is 10.2. The van der Waals surface area contributed by atoms with E-state index in [4.69, 9.17) is 9.47 Å². The normalized spacial score (nSPS) is 10.7. The lowest BCUT2D eigenvalue weighted by Crippen LogP contribution is -2.00. The maximum absolute atomic E-state index is 11.2. The average molecular weight is 364 g/mol. The van der Waals surface area contributed by atoms with Crippen molar-refractivity contribution >= 4 is 12.0 Å². The molecule has 0 radical (unpaired) electrons. The lowest BCUT2D eigenvalue weighted by Gasteiger charge is -2.12. The Balaban J connectivity index is 1.71. The summed E-state index contributed by atoms with van der Waals surface area (Å²) in [6, 6.07) is 15.3. The fourth-order valence-electron chi connectivity index (χ4n) is 2.51. The lowest BCUT2D eigenvalue weighted by molar-refractivity contribution is -0.134. The van der Waals surface area contributed by atoms with E-state index in [0.717, 1.165) is 16.8 Å². The molecule has 2 aromatic carbocycles. The summed E-state index contributed by atoms with van der Waals surface area (Å²) in [4.78, 5) is 11.2. The van der Waals surface area contributed by atoms with Crippen LogP contribution >= 0.6 is 0 Å². The number of benzene rings is 2. The van der Waals surface area contributed by atoms with Crippen LogP contribution in [0.25, 0.3) is 11.8 Å². The number of esters is 1. The highest BCUT2D eigenvalue weighted by Gasteiger charge is 2.06. The molecule has 0 aliphatic rings. The Morgan fingerprint density at radius 2 is 2.00 bits per heavy atom. The first-order chi connectivity index (χ1) is 13.2. The van der Waals surface area contributed by atoms with Crippen LogP contribution in [0, 0.1) is 0 Å². The molecular formula is C21H20N2O4. The van der Waals surface area contributed by atoms with E-state index in [1.165, 1.54) is 13.2 Å². The van der Waals surface area contributed by atoms with Gasteiger partial charge in [0.25, 0.3) is 0 Å². The van der Waals surface area contributed by atoms with Crippen LogP contribution in [0.4, 0.5) is 0 Å². The van der Waals surface area contributed by atoms with Gasteiger partial charge < -0.3 is 14.2 Å². The number of aromatic nitrogens is 2. The van der Waals surface area contributed by atoms with Gasteiger partial charge in [0.1, 0.15) is 6.61 Å². The van der Waals surface area contributed by atoms with Gasteiger partial charge in [0, 0.05) is 18.5 Å². The molecule has 1 heterocycles. The van der Waals surface area contributed by atoms with Crippen molar-refractivity contribution in [1.29, 1.82) is 0 Å². The second-order valence-corrected chi connectivity index (χ2v) is 5.68. The van der Waals surface area contributed by atoms with Crippen molar-refractivity contribution in [3.8, 4) is 17.2 Å². The molecule has 0 amide bonds. The van der Waals surface area contributed by atoms with Crippen LogP contribution < -0.4 is 9.47 Å². The van der Waals surface area contributed by atoms with Gasteiger partial charge >= 0.3 is 5.97 Å². The third-order valence-corrected chi connectivity index (χ3v) is 3.87. The molecule has 27 heavy (non-hydrogen) atoms. The number of hydrogen-bond donors (Lipinski definition) is 0. The van der Waals surface area contributed by atoms with Gasteiger partial charge in [-0.25, -0.2) is 9.48 Å². The third-order valence-electron chi connectivity index (χ3n) is 3.87. The molecule has 0 spiro atoms. The highest BCUT2D eigenvalue weighted by Crippen LogP contribution is 2.29. The molecule has 0 unspecified atom stereocenters. The molecule has 1 aromatic heterocycles. The predicted molar refractivity (Wildman–Crippen MR) is 102 cm³/mol. The predicted octanol–water partition coefficient (Wildman–Crippen LogP) is 3.65. The van der Waals surface area contributed by atoms with Crippen molar-refractivity contribution < 1.29 is 19.0 Å². The van der Waals surface area contributed by atoms with Crippen molar-refractivity contribution in [3.05, 3.63) is 78.1 Å². The summed E-state index contributed by atoms with van der Waals surface area (Å²) in [6.45, 7) is 0.392. The van der Waals surface area contributed by atoms with Crippen LogP contribution in [0.5, 0.6) is 11.5 Å². The van der Waals surface area contributed by atoms with Gasteiger partial charge in [-0.2, -0.15) is 5.10 Å². The van der Waals surface area contributed by atoms with Crippen LogP contribution in [0.15, 0.2) is 67.0 Å². The van der Waals surface area contributed by atoms with E-state index in [9.17, 15) is 4.79 Å². The van der Waals surface area contributed by atoms with Crippen molar-refractivity contribution in [3.63, 3.8) is 0 Å². The average Bonchev–Trinajstić information content (AvgIpc) is 3.25. The molecule has 0 aliphatic heterocycles. The topological polar surface area (TPSA) is 62.6 Å². The van der Waals surface area contributed by atoms with Gasteiger partial charge in [0.15, 0.2) is 11.5 Å². The molecule has 0 bridgehead atoms. The summed E-state index contributed by atoms with van der Waals surface area (Å²) < 4.78 is 17.7. The first kappa shape index (κ1) is 18.3. The van der Waals surface area contributed by atoms with E-state index in [0.29, 0.717) is 18.1 Å². The van der Waals surface area contributed by atoms with Crippen LogP contribution in [-0.4, -0.2) is 30.0 Å². The van der Waals surface area contributed by atoms with Gasteiger partial charge in [0.2, 0.25) is 0 Å². The highest BCUT2D eigenvalue weighted by atomic mass is 16.5. The van der Waals surface area contributed by atoms with Gasteiger partial charge in [-0.15, -0.1) is 0 Å². The quantitative estimate of drug-likeness (QED) is 0.473. The van der Waals surface area contributed by atoms with E-state index in [1.807, 2.05) is 48.7 Å². The summed E-state index contributed by atoms with van der Waals surface area (Å²) in [5.41, 5.74) is 2.79. The first-order valence-corrected chi connectivity index (χ1v) is 8.35. The Bertz CT molecular complexity index is 933. The number of rotatable bonds is 7. The second-order valence-electron chi connectivity index (χ2n) is 5.68. The first-order valence-electron chi connectivity index (χ1n) is 8.35. The molecule has 0 atom stereocenters. The largest absolute Gasteiger partial charge is 0.493 e. The molecule has 0 fully saturated rings. The molecule has 138 valence electrons. The minimum atomic E-state index is -0.411. The summed E-state index contributed by atoms with van der Waals surface area (Å²) in [7, 11) is 2.92.